The average Bonchev–Trinajstić information content (AvgIpc) is 2.89. The largest absolute Gasteiger partial charge is 0.384 e. The molecule has 1 N–H and O–H groups in total. The van der Waals surface area contributed by atoms with Gasteiger partial charge in [-0.3, -0.25) is 10.1 Å². The third kappa shape index (κ3) is 4.82. The van der Waals surface area contributed by atoms with E-state index in [9.17, 15) is 4.79 Å². The third-order valence-corrected chi connectivity index (χ3v) is 4.81. The molecule has 1 heterocycles. The van der Waals surface area contributed by atoms with Crippen LogP contribution in [0.4, 0.5) is 5.13 Å². The van der Waals surface area contributed by atoms with Gasteiger partial charge in [-0.05, 0) is 18.2 Å². The van der Waals surface area contributed by atoms with E-state index in [1.54, 1.807) is 19.2 Å². The van der Waals surface area contributed by atoms with E-state index in [2.05, 4.69) is 15.5 Å². The van der Waals surface area contributed by atoms with Crippen LogP contribution in [0, 0.1) is 0 Å². The Bertz CT molecular complexity index is 637. The smallest absolute Gasteiger partial charge is 0.259 e. The molecule has 9 heteroatoms. The van der Waals surface area contributed by atoms with Gasteiger partial charge in [-0.2, -0.15) is 0 Å². The number of carbonyl (C=O) groups is 1. The Kier molecular flexibility index (Phi) is 6.25. The number of halogens is 2. The van der Waals surface area contributed by atoms with Crippen LogP contribution in [0.1, 0.15) is 10.4 Å². The molecule has 0 bridgehead atoms. The Hall–Kier alpha value is -0.860. The molecule has 0 unspecified atom stereocenters. The van der Waals surface area contributed by atoms with Crippen molar-refractivity contribution in [1.82, 2.24) is 10.2 Å². The minimum Gasteiger partial charge on any atom is -0.384 e. The van der Waals surface area contributed by atoms with Gasteiger partial charge in [0.15, 0.2) is 4.34 Å². The number of nitrogens with one attached hydrogen (secondary N) is 1. The van der Waals surface area contributed by atoms with Gasteiger partial charge in [0.25, 0.3) is 5.91 Å². The van der Waals surface area contributed by atoms with Crippen molar-refractivity contribution < 1.29 is 9.53 Å². The Morgan fingerprint density at radius 2 is 2.24 bits per heavy atom. The molecule has 5 nitrogen and oxygen atoms in total. The van der Waals surface area contributed by atoms with Crippen LogP contribution >= 0.6 is 46.3 Å². The highest BCUT2D eigenvalue weighted by Gasteiger charge is 2.14. The zero-order valence-electron chi connectivity index (χ0n) is 10.9. The van der Waals surface area contributed by atoms with E-state index in [1.165, 1.54) is 29.2 Å². The van der Waals surface area contributed by atoms with Crippen molar-refractivity contribution in [2.45, 2.75) is 4.34 Å². The molecule has 0 saturated carbocycles. The maximum absolute atomic E-state index is 12.1. The molecular formula is C12H11Cl2N3O2S2. The van der Waals surface area contributed by atoms with Crippen LogP contribution in [0.2, 0.25) is 10.0 Å². The fraction of sp³-hybridized carbons (Fsp3) is 0.250. The quantitative estimate of drug-likeness (QED) is 0.479. The number of ether oxygens (including phenoxy) is 1. The summed E-state index contributed by atoms with van der Waals surface area (Å²) in [5.41, 5.74) is 0.299. The Balaban J connectivity index is 2.01. The van der Waals surface area contributed by atoms with Crippen LogP contribution in [0.3, 0.4) is 0 Å². The molecule has 0 aliphatic carbocycles. The summed E-state index contributed by atoms with van der Waals surface area (Å²) in [7, 11) is 1.64. The molecule has 2 rings (SSSR count). The highest BCUT2D eigenvalue weighted by atomic mass is 35.5. The van der Waals surface area contributed by atoms with E-state index in [4.69, 9.17) is 27.9 Å². The predicted octanol–water partition coefficient (Wildman–Crippen LogP) is 3.84. The van der Waals surface area contributed by atoms with Gasteiger partial charge in [0.1, 0.15) is 0 Å². The van der Waals surface area contributed by atoms with Crippen molar-refractivity contribution in [2.24, 2.45) is 0 Å². The summed E-state index contributed by atoms with van der Waals surface area (Å²) in [6.07, 6.45) is 0. The summed E-state index contributed by atoms with van der Waals surface area (Å²) >= 11 is 14.6. The normalized spacial score (nSPS) is 10.6. The highest BCUT2D eigenvalue weighted by molar-refractivity contribution is 8.01. The SMILES string of the molecule is COCCSc1nnc(NC(=O)c2cc(Cl)ccc2Cl)s1. The average molecular weight is 364 g/mol. The zero-order chi connectivity index (χ0) is 15.2. The molecule has 1 aromatic carbocycles. The monoisotopic (exact) mass is 363 g/mol. The first kappa shape index (κ1) is 16.5. The molecule has 0 saturated heterocycles. The number of thioether (sulfide) groups is 1. The van der Waals surface area contributed by atoms with Crippen molar-refractivity contribution in [3.8, 4) is 0 Å². The van der Waals surface area contributed by atoms with Gasteiger partial charge < -0.3 is 4.74 Å². The molecule has 1 amide bonds. The summed E-state index contributed by atoms with van der Waals surface area (Å²) in [6, 6.07) is 4.70. The molecular weight excluding hydrogens is 353 g/mol. The van der Waals surface area contributed by atoms with Crippen molar-refractivity contribution in [1.29, 1.82) is 0 Å². The number of hydrogen-bond acceptors (Lipinski definition) is 6. The highest BCUT2D eigenvalue weighted by Crippen LogP contribution is 2.27. The van der Waals surface area contributed by atoms with E-state index >= 15 is 0 Å². The second-order valence-corrected chi connectivity index (χ2v) is 6.96. The van der Waals surface area contributed by atoms with Crippen LogP contribution in [-0.4, -0.2) is 35.6 Å². The first-order valence-corrected chi connectivity index (χ1v) is 8.37. The number of hydrogen-bond donors (Lipinski definition) is 1. The van der Waals surface area contributed by atoms with Gasteiger partial charge in [-0.15, -0.1) is 10.2 Å². The van der Waals surface area contributed by atoms with E-state index in [0.29, 0.717) is 27.3 Å². The summed E-state index contributed by atoms with van der Waals surface area (Å²) in [5, 5.41) is 11.7. The number of rotatable bonds is 6. The molecule has 0 aliphatic rings. The van der Waals surface area contributed by atoms with Crippen molar-refractivity contribution in [3.63, 3.8) is 0 Å². The Morgan fingerprint density at radius 3 is 3.00 bits per heavy atom. The lowest BCUT2D eigenvalue weighted by Gasteiger charge is -2.03. The second kappa shape index (κ2) is 7.95. The predicted molar refractivity (Wildman–Crippen MR) is 86.9 cm³/mol. The zero-order valence-corrected chi connectivity index (χ0v) is 14.1. The fourth-order valence-corrected chi connectivity index (χ4v) is 3.46. The lowest BCUT2D eigenvalue weighted by Crippen LogP contribution is -2.12. The van der Waals surface area contributed by atoms with Gasteiger partial charge in [0.2, 0.25) is 5.13 Å². The first-order chi connectivity index (χ1) is 10.1. The molecule has 0 fully saturated rings. The number of aromatic nitrogens is 2. The minimum atomic E-state index is -0.368. The molecule has 0 atom stereocenters. The maximum atomic E-state index is 12.1. The van der Waals surface area contributed by atoms with Crippen molar-refractivity contribution >= 4 is 57.3 Å². The van der Waals surface area contributed by atoms with Crippen molar-refractivity contribution in [2.75, 3.05) is 24.8 Å². The minimum absolute atomic E-state index is 0.299. The van der Waals surface area contributed by atoms with Crippen molar-refractivity contribution in [3.05, 3.63) is 33.8 Å². The van der Waals surface area contributed by atoms with Crippen LogP contribution < -0.4 is 5.32 Å². The summed E-state index contributed by atoms with van der Waals surface area (Å²) < 4.78 is 5.72. The summed E-state index contributed by atoms with van der Waals surface area (Å²) in [6.45, 7) is 0.629. The third-order valence-electron chi connectivity index (χ3n) is 2.31. The second-order valence-electron chi connectivity index (χ2n) is 3.79. The molecule has 112 valence electrons. The van der Waals surface area contributed by atoms with Gasteiger partial charge >= 0.3 is 0 Å². The standard InChI is InChI=1S/C12H11Cl2N3O2S2/c1-19-4-5-20-12-17-16-11(21-12)15-10(18)8-6-7(13)2-3-9(8)14/h2-3,6H,4-5H2,1H3,(H,15,16,18). The number of nitrogens with zero attached hydrogens (tertiary/aromatic N) is 2. The van der Waals surface area contributed by atoms with Gasteiger partial charge in [-0.1, -0.05) is 46.3 Å². The lowest BCUT2D eigenvalue weighted by atomic mass is 10.2. The molecule has 0 radical (unpaired) electrons. The Morgan fingerprint density at radius 1 is 1.43 bits per heavy atom. The van der Waals surface area contributed by atoms with E-state index in [0.717, 1.165) is 10.1 Å². The first-order valence-electron chi connectivity index (χ1n) is 5.82. The molecule has 1 aromatic heterocycles. The fourth-order valence-electron chi connectivity index (χ4n) is 1.37. The molecule has 0 aliphatic heterocycles. The summed E-state index contributed by atoms with van der Waals surface area (Å²) in [5.74, 6) is 0.409. The molecule has 2 aromatic rings. The number of benzene rings is 1. The molecule has 0 spiro atoms. The molecule has 21 heavy (non-hydrogen) atoms. The number of amides is 1. The van der Waals surface area contributed by atoms with E-state index in [-0.39, 0.29) is 5.91 Å². The van der Waals surface area contributed by atoms with E-state index in [1.807, 2.05) is 0 Å². The summed E-state index contributed by atoms with van der Waals surface area (Å²) in [4.78, 5) is 12.1. The maximum Gasteiger partial charge on any atom is 0.259 e. The van der Waals surface area contributed by atoms with E-state index < -0.39 is 0 Å². The number of carbonyl (C=O) groups excluding carboxylic acids is 1. The van der Waals surface area contributed by atoms with Crippen LogP contribution in [0.25, 0.3) is 0 Å². The number of methoxy groups -OCH3 is 1. The lowest BCUT2D eigenvalue weighted by molar-refractivity contribution is 0.102. The van der Waals surface area contributed by atoms with Gasteiger partial charge in [0.05, 0.1) is 17.2 Å². The van der Waals surface area contributed by atoms with Crippen LogP contribution in [-0.2, 0) is 4.74 Å². The Labute approximate surface area is 140 Å². The van der Waals surface area contributed by atoms with Crippen LogP contribution in [0.15, 0.2) is 22.5 Å². The van der Waals surface area contributed by atoms with Gasteiger partial charge in [0, 0.05) is 17.9 Å². The topological polar surface area (TPSA) is 64.1 Å². The number of anilines is 1. The van der Waals surface area contributed by atoms with Gasteiger partial charge in [-0.25, -0.2) is 0 Å². The van der Waals surface area contributed by atoms with Crippen LogP contribution in [0.5, 0.6) is 0 Å².